The molecule has 5 aliphatic carbocycles. The summed E-state index contributed by atoms with van der Waals surface area (Å²) >= 11 is 0. The van der Waals surface area contributed by atoms with Gasteiger partial charge in [-0.05, 0) is 93.8 Å². The van der Waals surface area contributed by atoms with Crippen LogP contribution in [0.2, 0.25) is 0 Å². The fraction of sp³-hybridized carbons (Fsp3) is 0.839. The standard InChI is InChI=1S/C31H51N2P/c1-5-13-26(14-6-1)25-32-27-21-23-28(24-22-27)33-34(29-15-7-2-8-16-29,30-17-9-3-10-18-30)31-19-11-4-12-20-31/h21-23,25-26,28-31H,1-20,24H2. The molecule has 34 heavy (non-hydrogen) atoms. The van der Waals surface area contributed by atoms with Crippen molar-refractivity contribution in [2.75, 3.05) is 0 Å². The molecular weight excluding hydrogens is 431 g/mol. The molecule has 0 aromatic rings. The molecule has 0 spiro atoms. The first-order chi connectivity index (χ1) is 16.8. The lowest BCUT2D eigenvalue weighted by atomic mass is 9.90. The van der Waals surface area contributed by atoms with Gasteiger partial charge in [0.25, 0.3) is 0 Å². The van der Waals surface area contributed by atoms with Gasteiger partial charge in [-0.2, -0.15) is 0 Å². The summed E-state index contributed by atoms with van der Waals surface area (Å²) in [7, 11) is -1.34. The van der Waals surface area contributed by atoms with Gasteiger partial charge >= 0.3 is 0 Å². The number of hydrogen-bond donors (Lipinski definition) is 0. The maximum Gasteiger partial charge on any atom is 0.0704 e. The molecule has 0 amide bonds. The Morgan fingerprint density at radius 2 is 1.09 bits per heavy atom. The minimum atomic E-state index is -1.34. The van der Waals surface area contributed by atoms with Crippen LogP contribution in [0, 0.1) is 5.92 Å². The number of aliphatic imine (C=N–C) groups is 1. The highest BCUT2D eigenvalue weighted by molar-refractivity contribution is 7.68. The van der Waals surface area contributed by atoms with Crippen molar-refractivity contribution in [2.24, 2.45) is 15.7 Å². The zero-order valence-corrected chi connectivity index (χ0v) is 22.8. The Balaban J connectivity index is 1.40. The van der Waals surface area contributed by atoms with Crippen molar-refractivity contribution in [1.82, 2.24) is 0 Å². The third-order valence-corrected chi connectivity index (χ3v) is 15.7. The van der Waals surface area contributed by atoms with Gasteiger partial charge in [0.15, 0.2) is 0 Å². The minimum absolute atomic E-state index is 0.424. The predicted molar refractivity (Wildman–Crippen MR) is 151 cm³/mol. The van der Waals surface area contributed by atoms with Crippen LogP contribution in [0.1, 0.15) is 135 Å². The highest BCUT2D eigenvalue weighted by Gasteiger charge is 2.44. The van der Waals surface area contributed by atoms with Crippen molar-refractivity contribution in [3.05, 3.63) is 23.9 Å². The quantitative estimate of drug-likeness (QED) is 0.266. The Hall–Kier alpha value is -0.620. The van der Waals surface area contributed by atoms with E-state index in [0.717, 1.165) is 23.4 Å². The van der Waals surface area contributed by atoms with Crippen LogP contribution >= 0.6 is 7.05 Å². The van der Waals surface area contributed by atoms with Gasteiger partial charge in [-0.1, -0.05) is 89.2 Å². The van der Waals surface area contributed by atoms with Gasteiger partial charge in [-0.15, -0.1) is 0 Å². The largest absolute Gasteiger partial charge is 0.295 e. The van der Waals surface area contributed by atoms with E-state index < -0.39 is 7.05 Å². The average molecular weight is 483 g/mol. The molecule has 5 rings (SSSR count). The summed E-state index contributed by atoms with van der Waals surface area (Å²) in [6.07, 6.45) is 39.7. The summed E-state index contributed by atoms with van der Waals surface area (Å²) in [5.74, 6) is 0.716. The van der Waals surface area contributed by atoms with Gasteiger partial charge in [0.1, 0.15) is 0 Å². The SMILES string of the molecule is C1=CC(N=P(C2CCCCC2)(C2CCCCC2)C2CCCCC2)CC=C1N=CC1CCCCC1. The first-order valence-electron chi connectivity index (χ1n) is 15.4. The van der Waals surface area contributed by atoms with Crippen LogP contribution in [-0.4, -0.2) is 29.2 Å². The molecule has 0 bridgehead atoms. The molecule has 1 atom stereocenters. The topological polar surface area (TPSA) is 24.7 Å². The van der Waals surface area contributed by atoms with Crippen molar-refractivity contribution < 1.29 is 0 Å². The fourth-order valence-corrected chi connectivity index (χ4v) is 14.8. The Labute approximate surface area is 210 Å². The van der Waals surface area contributed by atoms with Gasteiger partial charge in [0, 0.05) is 6.21 Å². The van der Waals surface area contributed by atoms with Crippen molar-refractivity contribution in [1.29, 1.82) is 0 Å². The predicted octanol–water partition coefficient (Wildman–Crippen LogP) is 10.0. The van der Waals surface area contributed by atoms with Crippen molar-refractivity contribution in [3.8, 4) is 0 Å². The summed E-state index contributed by atoms with van der Waals surface area (Å²) in [5.41, 5.74) is 4.07. The van der Waals surface area contributed by atoms with Crippen LogP contribution in [0.5, 0.6) is 0 Å². The Morgan fingerprint density at radius 1 is 0.618 bits per heavy atom. The van der Waals surface area contributed by atoms with E-state index >= 15 is 0 Å². The van der Waals surface area contributed by atoms with E-state index in [2.05, 4.69) is 24.4 Å². The first-order valence-corrected chi connectivity index (χ1v) is 17.3. The molecule has 190 valence electrons. The molecule has 0 radical (unpaired) electrons. The third-order valence-electron chi connectivity index (χ3n) is 9.97. The van der Waals surface area contributed by atoms with Crippen molar-refractivity contribution in [2.45, 2.75) is 158 Å². The lowest BCUT2D eigenvalue weighted by Crippen LogP contribution is -2.32. The molecule has 0 heterocycles. The summed E-state index contributed by atoms with van der Waals surface area (Å²) in [6, 6.07) is 0.424. The highest BCUT2D eigenvalue weighted by atomic mass is 31.2. The summed E-state index contributed by atoms with van der Waals surface area (Å²) in [4.78, 5) is 4.92. The Bertz CT molecular complexity index is 717. The van der Waals surface area contributed by atoms with Crippen molar-refractivity contribution in [3.63, 3.8) is 0 Å². The third kappa shape index (κ3) is 6.02. The van der Waals surface area contributed by atoms with Crippen LogP contribution in [0.25, 0.3) is 0 Å². The van der Waals surface area contributed by atoms with Gasteiger partial charge in [0.2, 0.25) is 0 Å². The second kappa shape index (κ2) is 12.6. The second-order valence-corrected chi connectivity index (χ2v) is 16.3. The van der Waals surface area contributed by atoms with E-state index in [-0.39, 0.29) is 0 Å². The van der Waals surface area contributed by atoms with Crippen LogP contribution in [-0.2, 0) is 0 Å². The van der Waals surface area contributed by atoms with Crippen LogP contribution in [0.4, 0.5) is 0 Å². The zero-order valence-electron chi connectivity index (χ0n) is 21.9. The molecule has 0 aliphatic heterocycles. The van der Waals surface area contributed by atoms with Gasteiger partial charge in [-0.25, -0.2) is 0 Å². The Kier molecular flexibility index (Phi) is 9.25. The van der Waals surface area contributed by atoms with E-state index in [1.54, 1.807) is 0 Å². The molecule has 5 aliphatic rings. The Morgan fingerprint density at radius 3 is 1.53 bits per heavy atom. The van der Waals surface area contributed by atoms with E-state index in [9.17, 15) is 0 Å². The molecule has 1 unspecified atom stereocenters. The molecule has 3 heteroatoms. The van der Waals surface area contributed by atoms with Gasteiger partial charge < -0.3 is 0 Å². The van der Waals surface area contributed by atoms with E-state index in [1.165, 1.54) is 134 Å². The normalized spacial score (nSPS) is 29.4. The lowest BCUT2D eigenvalue weighted by molar-refractivity contribution is 0.445. The average Bonchev–Trinajstić information content (AvgIpc) is 2.93. The highest BCUT2D eigenvalue weighted by Crippen LogP contribution is 2.71. The van der Waals surface area contributed by atoms with Gasteiger partial charge in [0.05, 0.1) is 11.7 Å². The fourth-order valence-electron chi connectivity index (χ4n) is 8.17. The number of allylic oxidation sites excluding steroid dienone is 1. The zero-order chi connectivity index (χ0) is 23.1. The van der Waals surface area contributed by atoms with Gasteiger partial charge in [-0.3, -0.25) is 9.74 Å². The second-order valence-electron chi connectivity index (χ2n) is 12.3. The smallest absolute Gasteiger partial charge is 0.0704 e. The molecular formula is C31H51N2P. The van der Waals surface area contributed by atoms with Crippen LogP contribution in [0.3, 0.4) is 0 Å². The summed E-state index contributed by atoms with van der Waals surface area (Å²) in [6.45, 7) is 0. The minimum Gasteiger partial charge on any atom is -0.295 e. The summed E-state index contributed by atoms with van der Waals surface area (Å²) < 4.78 is 6.15. The van der Waals surface area contributed by atoms with E-state index in [0.29, 0.717) is 12.0 Å². The van der Waals surface area contributed by atoms with E-state index in [1.807, 2.05) is 0 Å². The number of hydrogen-bond acceptors (Lipinski definition) is 2. The van der Waals surface area contributed by atoms with E-state index in [4.69, 9.17) is 9.74 Å². The molecule has 0 saturated heterocycles. The maximum absolute atomic E-state index is 6.15. The molecule has 0 N–H and O–H groups in total. The molecule has 2 nitrogen and oxygen atoms in total. The molecule has 0 aromatic heterocycles. The maximum atomic E-state index is 6.15. The molecule has 4 saturated carbocycles. The lowest BCUT2D eigenvalue weighted by Gasteiger charge is -2.49. The summed E-state index contributed by atoms with van der Waals surface area (Å²) in [5, 5.41) is 0. The monoisotopic (exact) mass is 482 g/mol. The first kappa shape index (κ1) is 25.0. The number of rotatable bonds is 6. The van der Waals surface area contributed by atoms with Crippen molar-refractivity contribution >= 4 is 13.3 Å². The van der Waals surface area contributed by atoms with Crippen LogP contribution in [0.15, 0.2) is 33.7 Å². The molecule has 4 fully saturated rings. The number of nitrogens with zero attached hydrogens (tertiary/aromatic N) is 2. The molecule has 0 aromatic carbocycles. The van der Waals surface area contributed by atoms with Crippen LogP contribution < -0.4 is 0 Å².